The monoisotopic (exact) mass is 243 g/mol. The second-order valence-corrected chi connectivity index (χ2v) is 3.60. The molecule has 6 nitrogen and oxygen atoms in total. The fourth-order valence-electron chi connectivity index (χ4n) is 1.41. The van der Waals surface area contributed by atoms with Crippen molar-refractivity contribution < 1.29 is 4.79 Å². The molecule has 0 bridgehead atoms. The predicted molar refractivity (Wildman–Crippen MR) is 67.5 cm³/mol. The van der Waals surface area contributed by atoms with Gasteiger partial charge in [-0.25, -0.2) is 10.8 Å². The molecule has 1 heterocycles. The molecule has 4 N–H and O–H groups in total. The lowest BCUT2D eigenvalue weighted by Crippen LogP contribution is -2.24. The van der Waals surface area contributed by atoms with Gasteiger partial charge in [-0.1, -0.05) is 30.3 Å². The summed E-state index contributed by atoms with van der Waals surface area (Å²) in [6, 6.07) is 9.63. The third-order valence-electron chi connectivity index (χ3n) is 2.31. The van der Waals surface area contributed by atoms with Crippen molar-refractivity contribution in [3.8, 4) is 0 Å². The summed E-state index contributed by atoms with van der Waals surface area (Å²) in [4.78, 5) is 19.7. The fraction of sp³-hybridized carbons (Fsp3) is 0.0833. The van der Waals surface area contributed by atoms with Crippen molar-refractivity contribution in [2.75, 3.05) is 5.43 Å². The number of nitrogens with two attached hydrogens (primary N) is 1. The van der Waals surface area contributed by atoms with Crippen LogP contribution in [-0.4, -0.2) is 15.9 Å². The van der Waals surface area contributed by atoms with Gasteiger partial charge in [0.2, 0.25) is 0 Å². The molecule has 1 aromatic heterocycles. The highest BCUT2D eigenvalue weighted by molar-refractivity contribution is 5.92. The number of nitrogen functional groups attached to an aromatic ring is 1. The number of amides is 1. The molecule has 1 aromatic carbocycles. The van der Waals surface area contributed by atoms with E-state index < -0.39 is 0 Å². The molecule has 6 heteroatoms. The molecule has 0 aliphatic carbocycles. The Balaban J connectivity index is 1.99. The standard InChI is InChI=1S/C12H13N5O/c13-17-11-8-14-7-10(16-11)12(18)15-6-9-4-2-1-3-5-9/h1-5,7-8H,6,13H2,(H,15,18)(H,16,17). The summed E-state index contributed by atoms with van der Waals surface area (Å²) < 4.78 is 0. The largest absolute Gasteiger partial charge is 0.347 e. The van der Waals surface area contributed by atoms with Gasteiger partial charge in [-0.05, 0) is 5.56 Å². The minimum Gasteiger partial charge on any atom is -0.347 e. The van der Waals surface area contributed by atoms with Crippen LogP contribution in [0.3, 0.4) is 0 Å². The van der Waals surface area contributed by atoms with E-state index in [0.717, 1.165) is 5.56 Å². The zero-order valence-corrected chi connectivity index (χ0v) is 9.63. The van der Waals surface area contributed by atoms with Crippen molar-refractivity contribution in [2.24, 2.45) is 5.84 Å². The lowest BCUT2D eigenvalue weighted by Gasteiger charge is -2.05. The fourth-order valence-corrected chi connectivity index (χ4v) is 1.41. The molecule has 0 saturated heterocycles. The van der Waals surface area contributed by atoms with Crippen LogP contribution in [0.25, 0.3) is 0 Å². The Morgan fingerprint density at radius 1 is 1.22 bits per heavy atom. The number of anilines is 1. The number of hydrogen-bond acceptors (Lipinski definition) is 5. The second-order valence-electron chi connectivity index (χ2n) is 3.60. The van der Waals surface area contributed by atoms with Gasteiger partial charge in [0.25, 0.3) is 5.91 Å². The zero-order chi connectivity index (χ0) is 12.8. The topological polar surface area (TPSA) is 92.9 Å². The molecule has 0 atom stereocenters. The minimum absolute atomic E-state index is 0.224. The van der Waals surface area contributed by atoms with Gasteiger partial charge in [-0.3, -0.25) is 9.78 Å². The van der Waals surface area contributed by atoms with Crippen LogP contribution in [0.5, 0.6) is 0 Å². The van der Waals surface area contributed by atoms with E-state index in [-0.39, 0.29) is 11.6 Å². The van der Waals surface area contributed by atoms with E-state index >= 15 is 0 Å². The number of benzene rings is 1. The normalized spacial score (nSPS) is 9.83. The molecule has 0 aliphatic rings. The number of rotatable bonds is 4. The van der Waals surface area contributed by atoms with Gasteiger partial charge in [-0.15, -0.1) is 0 Å². The third-order valence-corrected chi connectivity index (χ3v) is 2.31. The molecule has 0 spiro atoms. The Hall–Kier alpha value is -2.47. The van der Waals surface area contributed by atoms with Crippen LogP contribution in [0.15, 0.2) is 42.7 Å². The molecule has 0 radical (unpaired) electrons. The van der Waals surface area contributed by atoms with E-state index in [1.165, 1.54) is 12.4 Å². The molecule has 2 aromatic rings. The maximum Gasteiger partial charge on any atom is 0.271 e. The molecule has 0 aliphatic heterocycles. The number of hydrogen-bond donors (Lipinski definition) is 3. The first-order valence-corrected chi connectivity index (χ1v) is 5.40. The number of nitrogens with zero attached hydrogens (tertiary/aromatic N) is 2. The Morgan fingerprint density at radius 3 is 2.72 bits per heavy atom. The van der Waals surface area contributed by atoms with E-state index in [1.807, 2.05) is 30.3 Å². The summed E-state index contributed by atoms with van der Waals surface area (Å²) in [5.41, 5.74) is 3.59. The summed E-state index contributed by atoms with van der Waals surface area (Å²) in [5.74, 6) is 5.26. The summed E-state index contributed by atoms with van der Waals surface area (Å²) in [6.45, 7) is 0.446. The molecule has 0 unspecified atom stereocenters. The van der Waals surface area contributed by atoms with Crippen molar-refractivity contribution in [2.45, 2.75) is 6.54 Å². The van der Waals surface area contributed by atoms with Crippen molar-refractivity contribution in [3.05, 3.63) is 54.0 Å². The minimum atomic E-state index is -0.288. The zero-order valence-electron chi connectivity index (χ0n) is 9.63. The lowest BCUT2D eigenvalue weighted by atomic mass is 10.2. The Morgan fingerprint density at radius 2 is 2.00 bits per heavy atom. The van der Waals surface area contributed by atoms with Gasteiger partial charge in [0.1, 0.15) is 5.69 Å². The lowest BCUT2D eigenvalue weighted by molar-refractivity contribution is 0.0945. The van der Waals surface area contributed by atoms with Crippen molar-refractivity contribution >= 4 is 11.7 Å². The van der Waals surface area contributed by atoms with E-state index in [9.17, 15) is 4.79 Å². The van der Waals surface area contributed by atoms with Crippen LogP contribution < -0.4 is 16.6 Å². The first kappa shape index (κ1) is 12.0. The molecule has 2 rings (SSSR count). The van der Waals surface area contributed by atoms with E-state index in [0.29, 0.717) is 12.4 Å². The maximum absolute atomic E-state index is 11.8. The number of hydrazine groups is 1. The second kappa shape index (κ2) is 5.74. The highest BCUT2D eigenvalue weighted by Gasteiger charge is 2.07. The van der Waals surface area contributed by atoms with Crippen LogP contribution in [0.4, 0.5) is 5.82 Å². The van der Waals surface area contributed by atoms with Crippen molar-refractivity contribution in [1.82, 2.24) is 15.3 Å². The summed E-state index contributed by atoms with van der Waals surface area (Å²) in [6.07, 6.45) is 2.83. The van der Waals surface area contributed by atoms with Crippen LogP contribution in [0, 0.1) is 0 Å². The van der Waals surface area contributed by atoms with E-state index in [4.69, 9.17) is 5.84 Å². The quantitative estimate of drug-likeness (QED) is 0.542. The Kier molecular flexibility index (Phi) is 3.83. The first-order valence-electron chi connectivity index (χ1n) is 5.40. The van der Waals surface area contributed by atoms with Gasteiger partial charge < -0.3 is 10.7 Å². The summed E-state index contributed by atoms with van der Waals surface area (Å²) in [5, 5.41) is 2.76. The molecular formula is C12H13N5O. The van der Waals surface area contributed by atoms with Gasteiger partial charge in [0, 0.05) is 6.54 Å². The molecule has 0 fully saturated rings. The van der Waals surface area contributed by atoms with Crippen LogP contribution >= 0.6 is 0 Å². The molecule has 92 valence electrons. The molecule has 1 amide bonds. The van der Waals surface area contributed by atoms with Crippen molar-refractivity contribution in [1.29, 1.82) is 0 Å². The first-order chi connectivity index (χ1) is 8.79. The van der Waals surface area contributed by atoms with Crippen LogP contribution in [0.1, 0.15) is 16.1 Å². The Bertz CT molecular complexity index is 529. The average molecular weight is 243 g/mol. The van der Waals surface area contributed by atoms with E-state index in [1.54, 1.807) is 0 Å². The molecule has 0 saturated carbocycles. The molecule has 18 heavy (non-hydrogen) atoms. The van der Waals surface area contributed by atoms with Gasteiger partial charge in [0.05, 0.1) is 12.4 Å². The number of carbonyl (C=O) groups is 1. The number of carbonyl (C=O) groups excluding carboxylic acids is 1. The number of nitrogens with one attached hydrogen (secondary N) is 2. The van der Waals surface area contributed by atoms with Crippen molar-refractivity contribution in [3.63, 3.8) is 0 Å². The highest BCUT2D eigenvalue weighted by atomic mass is 16.1. The summed E-state index contributed by atoms with van der Waals surface area (Å²) in [7, 11) is 0. The molecular weight excluding hydrogens is 230 g/mol. The van der Waals surface area contributed by atoms with Crippen LogP contribution in [0.2, 0.25) is 0 Å². The number of aromatic nitrogens is 2. The van der Waals surface area contributed by atoms with Gasteiger partial charge >= 0.3 is 0 Å². The Labute approximate surface area is 104 Å². The van der Waals surface area contributed by atoms with Gasteiger partial charge in [-0.2, -0.15) is 0 Å². The highest BCUT2D eigenvalue weighted by Crippen LogP contribution is 2.01. The van der Waals surface area contributed by atoms with Gasteiger partial charge in [0.15, 0.2) is 5.82 Å². The predicted octanol–water partition coefficient (Wildman–Crippen LogP) is 0.692. The third kappa shape index (κ3) is 3.02. The maximum atomic E-state index is 11.8. The average Bonchev–Trinajstić information content (AvgIpc) is 2.46. The smallest absolute Gasteiger partial charge is 0.271 e. The van der Waals surface area contributed by atoms with E-state index in [2.05, 4.69) is 20.7 Å². The SMILES string of the molecule is NNc1cncc(C(=O)NCc2ccccc2)n1. The summed E-state index contributed by atoms with van der Waals surface area (Å²) >= 11 is 0. The van der Waals surface area contributed by atoms with Crippen LogP contribution in [-0.2, 0) is 6.54 Å².